The summed E-state index contributed by atoms with van der Waals surface area (Å²) in [5.74, 6) is 0.0980. The molecule has 0 fully saturated rings. The Morgan fingerprint density at radius 3 is 3.00 bits per heavy atom. The van der Waals surface area contributed by atoms with E-state index >= 15 is 0 Å². The number of anilines is 1. The average Bonchev–Trinajstić information content (AvgIpc) is 2.42. The van der Waals surface area contributed by atoms with Gasteiger partial charge in [-0.05, 0) is 18.4 Å². The van der Waals surface area contributed by atoms with Gasteiger partial charge in [-0.25, -0.2) is 9.97 Å². The lowest BCUT2D eigenvalue weighted by Crippen LogP contribution is -2.14. The van der Waals surface area contributed by atoms with Gasteiger partial charge in [0.25, 0.3) is 0 Å². The third kappa shape index (κ3) is 3.91. The fourth-order valence-electron chi connectivity index (χ4n) is 1.79. The molecule has 1 aromatic carbocycles. The van der Waals surface area contributed by atoms with Crippen LogP contribution in [0.3, 0.4) is 0 Å². The monoisotopic (exact) mass is 259 g/mol. The second kappa shape index (κ2) is 6.13. The van der Waals surface area contributed by atoms with E-state index in [1.807, 2.05) is 31.2 Å². The number of hydrogen-bond donors (Lipinski definition) is 2. The minimum atomic E-state index is -0.756. The van der Waals surface area contributed by atoms with Gasteiger partial charge in [-0.3, -0.25) is 4.79 Å². The Bertz CT molecular complexity index is 571. The highest BCUT2D eigenvalue weighted by atomic mass is 16.4. The summed E-state index contributed by atoms with van der Waals surface area (Å²) in [5, 5.41) is 12.8. The first-order valence-corrected chi connectivity index (χ1v) is 6.32. The maximum Gasteiger partial charge on any atom is 0.303 e. The molecule has 0 aliphatic carbocycles. The highest BCUT2D eigenvalue weighted by Crippen LogP contribution is 2.12. The summed E-state index contributed by atoms with van der Waals surface area (Å²) in [5.41, 5.74) is 0.901. The molecule has 19 heavy (non-hydrogen) atoms. The Labute approximate surface area is 111 Å². The second-order valence-corrected chi connectivity index (χ2v) is 4.67. The number of rotatable bonds is 6. The number of carbonyl (C=O) groups is 1. The fourth-order valence-corrected chi connectivity index (χ4v) is 1.79. The van der Waals surface area contributed by atoms with Crippen LogP contribution in [0.5, 0.6) is 0 Å². The third-order valence-electron chi connectivity index (χ3n) is 2.95. The molecular formula is C14H17N3O2. The molecule has 1 heterocycles. The molecule has 0 amide bonds. The van der Waals surface area contributed by atoms with E-state index in [0.717, 1.165) is 10.9 Å². The van der Waals surface area contributed by atoms with Crippen molar-refractivity contribution in [1.29, 1.82) is 0 Å². The first-order chi connectivity index (χ1) is 9.15. The summed E-state index contributed by atoms with van der Waals surface area (Å²) >= 11 is 0. The zero-order chi connectivity index (χ0) is 13.7. The maximum absolute atomic E-state index is 10.5. The summed E-state index contributed by atoms with van der Waals surface area (Å²) in [4.78, 5) is 19.1. The predicted octanol–water partition coefficient (Wildman–Crippen LogP) is 2.54. The molecule has 1 unspecified atom stereocenters. The summed E-state index contributed by atoms with van der Waals surface area (Å²) in [6.07, 6.45) is 2.63. The highest BCUT2D eigenvalue weighted by Gasteiger charge is 2.06. The van der Waals surface area contributed by atoms with Crippen LogP contribution in [-0.2, 0) is 4.79 Å². The zero-order valence-electron chi connectivity index (χ0n) is 10.8. The Balaban J connectivity index is 1.92. The Morgan fingerprint density at radius 2 is 2.21 bits per heavy atom. The molecule has 2 rings (SSSR count). The van der Waals surface area contributed by atoms with E-state index in [1.165, 1.54) is 0 Å². The summed E-state index contributed by atoms with van der Waals surface area (Å²) in [6.45, 7) is 2.68. The molecule has 2 aromatic rings. The molecule has 0 radical (unpaired) electrons. The molecule has 5 heteroatoms. The van der Waals surface area contributed by atoms with Crippen molar-refractivity contribution in [2.45, 2.75) is 19.8 Å². The molecule has 0 aliphatic heterocycles. The van der Waals surface area contributed by atoms with Crippen LogP contribution in [0.25, 0.3) is 10.9 Å². The molecule has 0 saturated carbocycles. The quantitative estimate of drug-likeness (QED) is 0.833. The maximum atomic E-state index is 10.5. The number of aromatic nitrogens is 2. The number of para-hydroxylation sites is 1. The number of aliphatic carboxylic acids is 1. The number of fused-ring (bicyclic) bond motifs is 1. The standard InChI is InChI=1S/C14H17N3O2/c1-10(6-7-13(18)19)8-15-14-16-9-11-4-2-3-5-12(11)17-14/h2-5,9-10H,6-8H2,1H3,(H,18,19)(H,15,16,17). The zero-order valence-corrected chi connectivity index (χ0v) is 10.8. The van der Waals surface area contributed by atoms with Crippen molar-refractivity contribution >= 4 is 22.8 Å². The molecule has 1 atom stereocenters. The van der Waals surface area contributed by atoms with Gasteiger partial charge in [0.05, 0.1) is 5.52 Å². The topological polar surface area (TPSA) is 75.1 Å². The van der Waals surface area contributed by atoms with Gasteiger partial charge in [0.2, 0.25) is 5.95 Å². The summed E-state index contributed by atoms with van der Waals surface area (Å²) in [7, 11) is 0. The molecule has 2 N–H and O–H groups in total. The van der Waals surface area contributed by atoms with Gasteiger partial charge >= 0.3 is 5.97 Å². The highest BCUT2D eigenvalue weighted by molar-refractivity contribution is 5.78. The largest absolute Gasteiger partial charge is 0.481 e. The van der Waals surface area contributed by atoms with Gasteiger partial charge in [-0.15, -0.1) is 0 Å². The smallest absolute Gasteiger partial charge is 0.303 e. The van der Waals surface area contributed by atoms with Crippen LogP contribution >= 0.6 is 0 Å². The normalized spacial score (nSPS) is 12.3. The van der Waals surface area contributed by atoms with Crippen molar-refractivity contribution < 1.29 is 9.90 Å². The Hall–Kier alpha value is -2.17. The second-order valence-electron chi connectivity index (χ2n) is 4.67. The molecule has 0 aliphatic rings. The van der Waals surface area contributed by atoms with Gasteiger partial charge < -0.3 is 10.4 Å². The van der Waals surface area contributed by atoms with Crippen molar-refractivity contribution in [2.24, 2.45) is 5.92 Å². The summed E-state index contributed by atoms with van der Waals surface area (Å²) in [6, 6.07) is 7.80. The van der Waals surface area contributed by atoms with E-state index in [0.29, 0.717) is 18.9 Å². The van der Waals surface area contributed by atoms with Crippen LogP contribution in [0, 0.1) is 5.92 Å². The van der Waals surface area contributed by atoms with Crippen molar-refractivity contribution in [2.75, 3.05) is 11.9 Å². The third-order valence-corrected chi connectivity index (χ3v) is 2.95. The van der Waals surface area contributed by atoms with Crippen LogP contribution in [0.4, 0.5) is 5.95 Å². The van der Waals surface area contributed by atoms with E-state index in [-0.39, 0.29) is 12.3 Å². The lowest BCUT2D eigenvalue weighted by molar-refractivity contribution is -0.137. The van der Waals surface area contributed by atoms with Gasteiger partial charge in [-0.2, -0.15) is 0 Å². The van der Waals surface area contributed by atoms with E-state index < -0.39 is 5.97 Å². The SMILES string of the molecule is CC(CCC(=O)O)CNc1ncc2ccccc2n1. The van der Waals surface area contributed by atoms with Crippen LogP contribution < -0.4 is 5.32 Å². The van der Waals surface area contributed by atoms with Crippen LogP contribution in [0.15, 0.2) is 30.5 Å². The van der Waals surface area contributed by atoms with E-state index in [9.17, 15) is 4.79 Å². The van der Waals surface area contributed by atoms with E-state index in [4.69, 9.17) is 5.11 Å². The van der Waals surface area contributed by atoms with E-state index in [1.54, 1.807) is 6.20 Å². The van der Waals surface area contributed by atoms with Crippen molar-refractivity contribution in [3.05, 3.63) is 30.5 Å². The van der Waals surface area contributed by atoms with Crippen LogP contribution in [0.2, 0.25) is 0 Å². The number of hydrogen-bond acceptors (Lipinski definition) is 4. The average molecular weight is 259 g/mol. The number of carboxylic acids is 1. The number of carboxylic acid groups (broad SMARTS) is 1. The Morgan fingerprint density at radius 1 is 1.42 bits per heavy atom. The molecule has 0 bridgehead atoms. The first kappa shape index (κ1) is 13.3. The Kier molecular flexibility index (Phi) is 4.28. The lowest BCUT2D eigenvalue weighted by atomic mass is 10.1. The molecule has 100 valence electrons. The van der Waals surface area contributed by atoms with E-state index in [2.05, 4.69) is 15.3 Å². The molecule has 0 spiro atoms. The minimum Gasteiger partial charge on any atom is -0.481 e. The molecule has 1 aromatic heterocycles. The summed E-state index contributed by atoms with van der Waals surface area (Å²) < 4.78 is 0. The molecular weight excluding hydrogens is 242 g/mol. The van der Waals surface area contributed by atoms with Gasteiger partial charge in [0.1, 0.15) is 0 Å². The van der Waals surface area contributed by atoms with Crippen LogP contribution in [-0.4, -0.2) is 27.6 Å². The van der Waals surface area contributed by atoms with Gasteiger partial charge in [0.15, 0.2) is 0 Å². The number of nitrogens with zero attached hydrogens (tertiary/aromatic N) is 2. The number of benzene rings is 1. The first-order valence-electron chi connectivity index (χ1n) is 6.32. The molecule has 0 saturated heterocycles. The fraction of sp³-hybridized carbons (Fsp3) is 0.357. The number of nitrogens with one attached hydrogen (secondary N) is 1. The predicted molar refractivity (Wildman–Crippen MR) is 74.1 cm³/mol. The molecule has 5 nitrogen and oxygen atoms in total. The van der Waals surface area contributed by atoms with Crippen molar-refractivity contribution in [3.63, 3.8) is 0 Å². The van der Waals surface area contributed by atoms with Crippen molar-refractivity contribution in [1.82, 2.24) is 9.97 Å². The van der Waals surface area contributed by atoms with Crippen molar-refractivity contribution in [3.8, 4) is 0 Å². The minimum absolute atomic E-state index is 0.196. The van der Waals surface area contributed by atoms with Gasteiger partial charge in [0, 0.05) is 24.5 Å². The van der Waals surface area contributed by atoms with Crippen LogP contribution in [0.1, 0.15) is 19.8 Å². The lowest BCUT2D eigenvalue weighted by Gasteiger charge is -2.11. The van der Waals surface area contributed by atoms with Gasteiger partial charge in [-0.1, -0.05) is 25.1 Å².